The number of amides is 1. The summed E-state index contributed by atoms with van der Waals surface area (Å²) in [5, 5.41) is 2.90. The van der Waals surface area contributed by atoms with Gasteiger partial charge in [0.2, 0.25) is 0 Å². The van der Waals surface area contributed by atoms with Crippen LogP contribution in [0.1, 0.15) is 33.8 Å². The quantitative estimate of drug-likeness (QED) is 0.605. The molecule has 0 saturated heterocycles. The Morgan fingerprint density at radius 3 is 2.80 bits per heavy atom. The summed E-state index contributed by atoms with van der Waals surface area (Å²) in [6.07, 6.45) is 3.10. The van der Waals surface area contributed by atoms with Crippen molar-refractivity contribution in [1.82, 2.24) is 5.32 Å². The van der Waals surface area contributed by atoms with Crippen LogP contribution < -0.4 is 5.32 Å². The molecule has 0 aliphatic heterocycles. The normalized spacial score (nSPS) is 10.3. The maximum atomic E-state index is 11.6. The topological polar surface area (TPSA) is 29.1 Å². The molecule has 0 atom stereocenters. The zero-order valence-electron chi connectivity index (χ0n) is 8.88. The van der Waals surface area contributed by atoms with Crippen LogP contribution in [0.3, 0.4) is 0 Å². The van der Waals surface area contributed by atoms with Gasteiger partial charge in [-0.1, -0.05) is 6.42 Å². The smallest absolute Gasteiger partial charge is 0.261 e. The number of nitrogens with one attached hydrogen (secondary N) is 1. The fourth-order valence-corrected chi connectivity index (χ4v) is 2.21. The van der Waals surface area contributed by atoms with Crippen LogP contribution in [0.4, 0.5) is 0 Å². The standard InChI is InChI=1S/C11H16ClNOS/c1-9-5-6-10(15-9)11(14)13-8-4-2-3-7-12/h5-6H,2-4,7-8H2,1H3,(H,13,14). The van der Waals surface area contributed by atoms with Gasteiger partial charge in [-0.25, -0.2) is 0 Å². The Morgan fingerprint density at radius 1 is 1.40 bits per heavy atom. The predicted molar refractivity (Wildman–Crippen MR) is 66.0 cm³/mol. The van der Waals surface area contributed by atoms with Crippen LogP contribution in [0, 0.1) is 6.92 Å². The molecule has 1 heterocycles. The van der Waals surface area contributed by atoms with E-state index in [1.165, 1.54) is 16.2 Å². The fourth-order valence-electron chi connectivity index (χ4n) is 1.24. The number of carbonyl (C=O) groups is 1. The number of unbranched alkanes of at least 4 members (excludes halogenated alkanes) is 2. The third-order valence-electron chi connectivity index (χ3n) is 2.06. The lowest BCUT2D eigenvalue weighted by molar-refractivity contribution is 0.0957. The Kier molecular flexibility index (Phi) is 5.73. The molecule has 2 nitrogen and oxygen atoms in total. The van der Waals surface area contributed by atoms with Gasteiger partial charge in [0, 0.05) is 17.3 Å². The summed E-state index contributed by atoms with van der Waals surface area (Å²) in [6.45, 7) is 2.74. The SMILES string of the molecule is Cc1ccc(C(=O)NCCCCCCl)s1. The molecule has 0 bridgehead atoms. The van der Waals surface area contributed by atoms with E-state index < -0.39 is 0 Å². The van der Waals surface area contributed by atoms with Gasteiger partial charge in [-0.3, -0.25) is 4.79 Å². The van der Waals surface area contributed by atoms with E-state index in [2.05, 4.69) is 5.32 Å². The highest BCUT2D eigenvalue weighted by Gasteiger charge is 2.06. The minimum Gasteiger partial charge on any atom is -0.351 e. The Bertz CT molecular complexity index is 311. The second kappa shape index (κ2) is 6.85. The van der Waals surface area contributed by atoms with Gasteiger partial charge in [-0.05, 0) is 31.9 Å². The number of aryl methyl sites for hydroxylation is 1. The molecule has 4 heteroatoms. The van der Waals surface area contributed by atoms with Crippen LogP contribution >= 0.6 is 22.9 Å². The average Bonchev–Trinajstić information content (AvgIpc) is 2.64. The number of thiophene rings is 1. The third kappa shape index (κ3) is 4.67. The summed E-state index contributed by atoms with van der Waals surface area (Å²) in [6, 6.07) is 3.83. The molecule has 1 rings (SSSR count). The van der Waals surface area contributed by atoms with Crippen molar-refractivity contribution in [2.45, 2.75) is 26.2 Å². The van der Waals surface area contributed by atoms with Gasteiger partial charge in [0.1, 0.15) is 0 Å². The van der Waals surface area contributed by atoms with Gasteiger partial charge < -0.3 is 5.32 Å². The monoisotopic (exact) mass is 245 g/mol. The molecule has 84 valence electrons. The largest absolute Gasteiger partial charge is 0.351 e. The van der Waals surface area contributed by atoms with Crippen molar-refractivity contribution in [2.75, 3.05) is 12.4 Å². The Balaban J connectivity index is 2.19. The van der Waals surface area contributed by atoms with Crippen molar-refractivity contribution in [3.05, 3.63) is 21.9 Å². The van der Waals surface area contributed by atoms with Crippen LogP contribution in [0.2, 0.25) is 0 Å². The minimum atomic E-state index is 0.0407. The molecule has 1 N–H and O–H groups in total. The second-order valence-corrected chi connectivity index (χ2v) is 5.08. The number of alkyl halides is 1. The predicted octanol–water partition coefficient (Wildman–Crippen LogP) is 3.20. The van der Waals surface area contributed by atoms with Crippen molar-refractivity contribution < 1.29 is 4.79 Å². The van der Waals surface area contributed by atoms with Crippen LogP contribution in [0.25, 0.3) is 0 Å². The molecule has 0 aliphatic carbocycles. The number of hydrogen-bond acceptors (Lipinski definition) is 2. The van der Waals surface area contributed by atoms with Gasteiger partial charge in [-0.15, -0.1) is 22.9 Å². The van der Waals surface area contributed by atoms with E-state index >= 15 is 0 Å². The highest BCUT2D eigenvalue weighted by atomic mass is 35.5. The van der Waals surface area contributed by atoms with Gasteiger partial charge in [0.05, 0.1) is 4.88 Å². The molecule has 1 aromatic heterocycles. The first kappa shape index (κ1) is 12.5. The molecule has 1 aromatic rings. The molecule has 0 radical (unpaired) electrons. The molecule has 0 spiro atoms. The summed E-state index contributed by atoms with van der Waals surface area (Å²) in [7, 11) is 0. The van der Waals surface area contributed by atoms with Crippen LogP contribution in [0.15, 0.2) is 12.1 Å². The second-order valence-electron chi connectivity index (χ2n) is 3.42. The zero-order valence-corrected chi connectivity index (χ0v) is 10.5. The van der Waals surface area contributed by atoms with E-state index in [-0.39, 0.29) is 5.91 Å². The molecule has 0 saturated carbocycles. The zero-order chi connectivity index (χ0) is 11.1. The summed E-state index contributed by atoms with van der Waals surface area (Å²) in [5.41, 5.74) is 0. The number of carbonyl (C=O) groups excluding carboxylic acids is 1. The summed E-state index contributed by atoms with van der Waals surface area (Å²) in [4.78, 5) is 13.5. The first-order valence-electron chi connectivity index (χ1n) is 5.14. The molecule has 0 aromatic carbocycles. The van der Waals surface area contributed by atoms with Crippen molar-refractivity contribution in [3.63, 3.8) is 0 Å². The van der Waals surface area contributed by atoms with Crippen LogP contribution in [-0.2, 0) is 0 Å². The van der Waals surface area contributed by atoms with E-state index in [4.69, 9.17) is 11.6 Å². The fraction of sp³-hybridized carbons (Fsp3) is 0.545. The average molecular weight is 246 g/mol. The first-order valence-corrected chi connectivity index (χ1v) is 6.49. The first-order chi connectivity index (χ1) is 7.24. The van der Waals surface area contributed by atoms with Crippen molar-refractivity contribution in [2.24, 2.45) is 0 Å². The maximum absolute atomic E-state index is 11.6. The minimum absolute atomic E-state index is 0.0407. The summed E-state index contributed by atoms with van der Waals surface area (Å²) < 4.78 is 0. The lowest BCUT2D eigenvalue weighted by atomic mass is 10.2. The summed E-state index contributed by atoms with van der Waals surface area (Å²) in [5.74, 6) is 0.747. The molecular weight excluding hydrogens is 230 g/mol. The van der Waals surface area contributed by atoms with E-state index in [9.17, 15) is 4.79 Å². The van der Waals surface area contributed by atoms with Gasteiger partial charge in [0.25, 0.3) is 5.91 Å². The maximum Gasteiger partial charge on any atom is 0.261 e. The van der Waals surface area contributed by atoms with Gasteiger partial charge in [0.15, 0.2) is 0 Å². The van der Waals surface area contributed by atoms with Gasteiger partial charge >= 0.3 is 0 Å². The Hall–Kier alpha value is -0.540. The molecular formula is C11H16ClNOS. The Labute approximate surface area is 99.6 Å². The van der Waals surface area contributed by atoms with Crippen LogP contribution in [0.5, 0.6) is 0 Å². The Morgan fingerprint density at radius 2 is 2.20 bits per heavy atom. The van der Waals surface area contributed by atoms with E-state index in [1.54, 1.807) is 0 Å². The van der Waals surface area contributed by atoms with Crippen molar-refractivity contribution in [1.29, 1.82) is 0 Å². The van der Waals surface area contributed by atoms with E-state index in [0.29, 0.717) is 5.88 Å². The van der Waals surface area contributed by atoms with Crippen molar-refractivity contribution >= 4 is 28.8 Å². The van der Waals surface area contributed by atoms with E-state index in [0.717, 1.165) is 30.7 Å². The molecule has 0 aliphatic rings. The highest BCUT2D eigenvalue weighted by molar-refractivity contribution is 7.13. The lowest BCUT2D eigenvalue weighted by Gasteiger charge is -2.02. The lowest BCUT2D eigenvalue weighted by Crippen LogP contribution is -2.23. The number of rotatable bonds is 6. The van der Waals surface area contributed by atoms with E-state index in [1.807, 2.05) is 19.1 Å². The van der Waals surface area contributed by atoms with Crippen LogP contribution in [-0.4, -0.2) is 18.3 Å². The number of hydrogen-bond donors (Lipinski definition) is 1. The highest BCUT2D eigenvalue weighted by Crippen LogP contribution is 2.14. The molecule has 0 fully saturated rings. The third-order valence-corrected chi connectivity index (χ3v) is 3.33. The summed E-state index contributed by atoms with van der Waals surface area (Å²) >= 11 is 7.09. The molecule has 0 unspecified atom stereocenters. The van der Waals surface area contributed by atoms with Crippen molar-refractivity contribution in [3.8, 4) is 0 Å². The molecule has 1 amide bonds. The van der Waals surface area contributed by atoms with Gasteiger partial charge in [-0.2, -0.15) is 0 Å². The molecule has 15 heavy (non-hydrogen) atoms. The number of halogens is 1.